The number of halogens is 3. The van der Waals surface area contributed by atoms with E-state index in [0.29, 0.717) is 11.4 Å². The molecule has 1 aliphatic heterocycles. The van der Waals surface area contributed by atoms with Crippen LogP contribution in [0.5, 0.6) is 0 Å². The van der Waals surface area contributed by atoms with Crippen molar-refractivity contribution in [2.75, 3.05) is 18.0 Å². The number of anilines is 1. The van der Waals surface area contributed by atoms with Crippen molar-refractivity contribution in [1.82, 2.24) is 15.0 Å². The van der Waals surface area contributed by atoms with Crippen LogP contribution in [0, 0.1) is 0 Å². The Balaban J connectivity index is 2.09. The zero-order chi connectivity index (χ0) is 14.2. The quantitative estimate of drug-likeness (QED) is 0.848. The Morgan fingerprint density at radius 3 is 2.30 bits per heavy atom. The van der Waals surface area contributed by atoms with Gasteiger partial charge in [-0.25, -0.2) is 9.97 Å². The highest BCUT2D eigenvalue weighted by Crippen LogP contribution is 2.32. The van der Waals surface area contributed by atoms with E-state index in [1.54, 1.807) is 12.1 Å². The topological polar surface area (TPSA) is 41.9 Å². The summed E-state index contributed by atoms with van der Waals surface area (Å²) in [7, 11) is 0. The summed E-state index contributed by atoms with van der Waals surface area (Å²) >= 11 is 0. The van der Waals surface area contributed by atoms with Crippen LogP contribution < -0.4 is 4.90 Å². The molecule has 3 heterocycles. The van der Waals surface area contributed by atoms with Crippen molar-refractivity contribution in [3.05, 3.63) is 36.3 Å². The highest BCUT2D eigenvalue weighted by Gasteiger charge is 2.34. The van der Waals surface area contributed by atoms with Gasteiger partial charge in [0.1, 0.15) is 5.82 Å². The smallest absolute Gasteiger partial charge is 0.356 e. The van der Waals surface area contributed by atoms with Gasteiger partial charge in [-0.15, -0.1) is 0 Å². The number of pyridine rings is 1. The second kappa shape index (κ2) is 4.73. The summed E-state index contributed by atoms with van der Waals surface area (Å²) in [5.41, 5.74) is -0.394. The van der Waals surface area contributed by atoms with Crippen LogP contribution >= 0.6 is 0 Å². The van der Waals surface area contributed by atoms with Crippen molar-refractivity contribution in [1.29, 1.82) is 0 Å². The molecule has 0 spiro atoms. The van der Waals surface area contributed by atoms with Crippen LogP contribution in [0.2, 0.25) is 0 Å². The third-order valence-electron chi connectivity index (χ3n) is 3.12. The Labute approximate surface area is 113 Å². The predicted molar refractivity (Wildman–Crippen MR) is 67.1 cm³/mol. The largest absolute Gasteiger partial charge is 0.433 e. The van der Waals surface area contributed by atoms with Crippen molar-refractivity contribution in [2.24, 2.45) is 0 Å². The number of aromatic nitrogens is 3. The van der Waals surface area contributed by atoms with Crippen molar-refractivity contribution in [3.63, 3.8) is 0 Å². The van der Waals surface area contributed by atoms with Crippen molar-refractivity contribution < 1.29 is 13.2 Å². The van der Waals surface area contributed by atoms with E-state index >= 15 is 0 Å². The lowest BCUT2D eigenvalue weighted by Gasteiger charge is -2.32. The molecule has 20 heavy (non-hydrogen) atoms. The molecule has 2 aromatic heterocycles. The molecule has 1 saturated heterocycles. The van der Waals surface area contributed by atoms with Crippen LogP contribution in [0.4, 0.5) is 19.0 Å². The minimum Gasteiger partial charge on any atom is -0.356 e. The van der Waals surface area contributed by atoms with Crippen molar-refractivity contribution in [3.8, 4) is 11.4 Å². The molecular formula is C13H11F3N4. The molecule has 0 N–H and O–H groups in total. The molecule has 1 fully saturated rings. The van der Waals surface area contributed by atoms with E-state index in [9.17, 15) is 13.2 Å². The monoisotopic (exact) mass is 280 g/mol. The second-order valence-corrected chi connectivity index (χ2v) is 4.51. The van der Waals surface area contributed by atoms with Crippen LogP contribution in [0.15, 0.2) is 30.6 Å². The van der Waals surface area contributed by atoms with Crippen molar-refractivity contribution >= 4 is 5.82 Å². The molecule has 2 aromatic rings. The summed E-state index contributed by atoms with van der Waals surface area (Å²) in [5.74, 6) is 0.398. The SMILES string of the molecule is FC(F)(F)c1cc(N2CCC2)nc(-c2ccncc2)n1. The summed E-state index contributed by atoms with van der Waals surface area (Å²) in [5, 5.41) is 0. The molecule has 1 aliphatic rings. The minimum atomic E-state index is -4.48. The molecule has 0 saturated carbocycles. The van der Waals surface area contributed by atoms with E-state index in [0.717, 1.165) is 25.6 Å². The number of alkyl halides is 3. The van der Waals surface area contributed by atoms with E-state index in [1.165, 1.54) is 12.4 Å². The minimum absolute atomic E-state index is 0.0733. The van der Waals surface area contributed by atoms with Gasteiger partial charge >= 0.3 is 6.18 Å². The standard InChI is InChI=1S/C13H11F3N4/c14-13(15,16)10-8-11(20-6-1-7-20)19-12(18-10)9-2-4-17-5-3-9/h2-5,8H,1,6-7H2. The molecule has 4 nitrogen and oxygen atoms in total. The van der Waals surface area contributed by atoms with Crippen LogP contribution in [0.1, 0.15) is 12.1 Å². The van der Waals surface area contributed by atoms with E-state index < -0.39 is 11.9 Å². The zero-order valence-corrected chi connectivity index (χ0v) is 10.4. The Hall–Kier alpha value is -2.18. The molecule has 0 aromatic carbocycles. The Morgan fingerprint density at radius 2 is 1.75 bits per heavy atom. The third kappa shape index (κ3) is 2.43. The maximum absolute atomic E-state index is 12.9. The van der Waals surface area contributed by atoms with E-state index in [1.807, 2.05) is 4.90 Å². The first kappa shape index (κ1) is 12.8. The van der Waals surface area contributed by atoms with Crippen LogP contribution in [-0.4, -0.2) is 28.0 Å². The van der Waals surface area contributed by atoms with E-state index in [4.69, 9.17) is 0 Å². The molecule has 104 valence electrons. The molecule has 0 unspecified atom stereocenters. The maximum atomic E-state index is 12.9. The number of hydrogen-bond acceptors (Lipinski definition) is 4. The lowest BCUT2D eigenvalue weighted by molar-refractivity contribution is -0.141. The number of nitrogens with zero attached hydrogens (tertiary/aromatic N) is 4. The molecular weight excluding hydrogens is 269 g/mol. The lowest BCUT2D eigenvalue weighted by atomic mass is 10.2. The maximum Gasteiger partial charge on any atom is 0.433 e. The van der Waals surface area contributed by atoms with Gasteiger partial charge in [-0.05, 0) is 18.6 Å². The van der Waals surface area contributed by atoms with Gasteiger partial charge in [0.05, 0.1) is 0 Å². The van der Waals surface area contributed by atoms with Gasteiger partial charge < -0.3 is 4.90 Å². The van der Waals surface area contributed by atoms with Gasteiger partial charge in [-0.2, -0.15) is 13.2 Å². The second-order valence-electron chi connectivity index (χ2n) is 4.51. The summed E-state index contributed by atoms with van der Waals surface area (Å²) in [6, 6.07) is 4.19. The fraction of sp³-hybridized carbons (Fsp3) is 0.308. The summed E-state index contributed by atoms with van der Waals surface area (Å²) < 4.78 is 38.8. The highest BCUT2D eigenvalue weighted by atomic mass is 19.4. The summed E-state index contributed by atoms with van der Waals surface area (Å²) in [4.78, 5) is 13.5. The van der Waals surface area contributed by atoms with Crippen LogP contribution in [0.3, 0.4) is 0 Å². The van der Waals surface area contributed by atoms with Gasteiger partial charge in [0.15, 0.2) is 11.5 Å². The predicted octanol–water partition coefficient (Wildman–Crippen LogP) is 2.77. The fourth-order valence-corrected chi connectivity index (χ4v) is 1.92. The van der Waals surface area contributed by atoms with Crippen molar-refractivity contribution in [2.45, 2.75) is 12.6 Å². The first-order valence-electron chi connectivity index (χ1n) is 6.16. The first-order valence-corrected chi connectivity index (χ1v) is 6.16. The van der Waals surface area contributed by atoms with Crippen LogP contribution in [0.25, 0.3) is 11.4 Å². The lowest BCUT2D eigenvalue weighted by Crippen LogP contribution is -2.38. The number of rotatable bonds is 2. The number of hydrogen-bond donors (Lipinski definition) is 0. The third-order valence-corrected chi connectivity index (χ3v) is 3.12. The molecule has 0 amide bonds. The summed E-state index contributed by atoms with van der Waals surface area (Å²) in [6.07, 6.45) is -0.509. The van der Waals surface area contributed by atoms with Gasteiger partial charge in [0.2, 0.25) is 0 Å². The van der Waals surface area contributed by atoms with Gasteiger partial charge in [0, 0.05) is 37.1 Å². The average molecular weight is 280 g/mol. The van der Waals surface area contributed by atoms with Crippen LogP contribution in [-0.2, 0) is 6.18 Å². The van der Waals surface area contributed by atoms with Gasteiger partial charge in [-0.3, -0.25) is 4.98 Å². The van der Waals surface area contributed by atoms with E-state index in [-0.39, 0.29) is 5.82 Å². The molecule has 3 rings (SSSR count). The molecule has 0 aliphatic carbocycles. The highest BCUT2D eigenvalue weighted by molar-refractivity contribution is 5.58. The molecule has 0 atom stereocenters. The Bertz CT molecular complexity index is 609. The Morgan fingerprint density at radius 1 is 1.05 bits per heavy atom. The van der Waals surface area contributed by atoms with Gasteiger partial charge in [-0.1, -0.05) is 0 Å². The molecule has 0 bridgehead atoms. The normalized spacial score (nSPS) is 15.1. The summed E-state index contributed by atoms with van der Waals surface area (Å²) in [6.45, 7) is 1.45. The zero-order valence-electron chi connectivity index (χ0n) is 10.4. The van der Waals surface area contributed by atoms with E-state index in [2.05, 4.69) is 15.0 Å². The van der Waals surface area contributed by atoms with Gasteiger partial charge in [0.25, 0.3) is 0 Å². The first-order chi connectivity index (χ1) is 9.54. The Kier molecular flexibility index (Phi) is 3.04. The molecule has 7 heteroatoms. The average Bonchev–Trinajstić information content (AvgIpc) is 2.36. The fourth-order valence-electron chi connectivity index (χ4n) is 1.92. The molecule has 0 radical (unpaired) electrons.